The summed E-state index contributed by atoms with van der Waals surface area (Å²) in [5.74, 6) is 0.0669. The van der Waals surface area contributed by atoms with E-state index in [2.05, 4.69) is 59.8 Å². The molecule has 22 heavy (non-hydrogen) atoms. The van der Waals surface area contributed by atoms with E-state index in [0.29, 0.717) is 6.54 Å². The molecule has 0 bridgehead atoms. The fourth-order valence-electron chi connectivity index (χ4n) is 2.17. The molecular weight excluding hydrogens is 292 g/mol. The molecule has 1 N–H and O–H groups in total. The molecule has 1 heterocycles. The average molecular weight is 316 g/mol. The van der Waals surface area contributed by atoms with E-state index in [-0.39, 0.29) is 11.9 Å². The molecule has 1 amide bonds. The first-order valence-corrected chi connectivity index (χ1v) is 8.42. The zero-order chi connectivity index (χ0) is 16.1. The highest BCUT2D eigenvalue weighted by molar-refractivity contribution is 7.10. The number of carbonyl (C=O) groups excluding carboxylic acids is 1. The van der Waals surface area contributed by atoms with Crippen LogP contribution in [0.3, 0.4) is 0 Å². The van der Waals surface area contributed by atoms with Gasteiger partial charge in [-0.05, 0) is 50.4 Å². The van der Waals surface area contributed by atoms with Crippen molar-refractivity contribution in [1.29, 1.82) is 0 Å². The minimum Gasteiger partial charge on any atom is -0.351 e. The zero-order valence-electron chi connectivity index (χ0n) is 13.7. The third-order valence-corrected chi connectivity index (χ3v) is 5.00. The van der Waals surface area contributed by atoms with Crippen LogP contribution in [0, 0.1) is 13.8 Å². The van der Waals surface area contributed by atoms with Crippen molar-refractivity contribution in [2.24, 2.45) is 0 Å². The molecule has 0 fully saturated rings. The Bertz CT molecular complexity index is 618. The lowest BCUT2D eigenvalue weighted by molar-refractivity contribution is -0.125. The Kier molecular flexibility index (Phi) is 5.75. The van der Waals surface area contributed by atoms with Gasteiger partial charge in [0, 0.05) is 18.0 Å². The summed E-state index contributed by atoms with van der Waals surface area (Å²) in [7, 11) is 2.00. The Balaban J connectivity index is 1.85. The molecule has 2 aromatic rings. The summed E-state index contributed by atoms with van der Waals surface area (Å²) in [6.45, 7) is 7.51. The molecule has 0 aliphatic carbocycles. The lowest BCUT2D eigenvalue weighted by Crippen LogP contribution is -2.42. The summed E-state index contributed by atoms with van der Waals surface area (Å²) in [5.41, 5.74) is 3.65. The highest BCUT2D eigenvalue weighted by atomic mass is 32.1. The largest absolute Gasteiger partial charge is 0.351 e. The zero-order valence-corrected chi connectivity index (χ0v) is 14.5. The highest BCUT2D eigenvalue weighted by Crippen LogP contribution is 2.18. The molecule has 0 spiro atoms. The van der Waals surface area contributed by atoms with Crippen molar-refractivity contribution in [3.05, 3.63) is 57.3 Å². The van der Waals surface area contributed by atoms with Crippen LogP contribution >= 0.6 is 11.3 Å². The predicted octanol–water partition coefficient (Wildman–Crippen LogP) is 3.50. The maximum atomic E-state index is 12.3. The van der Waals surface area contributed by atoms with Crippen LogP contribution in [0.1, 0.15) is 28.5 Å². The van der Waals surface area contributed by atoms with Gasteiger partial charge in [0.2, 0.25) is 5.91 Å². The van der Waals surface area contributed by atoms with Crippen LogP contribution < -0.4 is 5.32 Å². The Labute approximate surface area is 137 Å². The Morgan fingerprint density at radius 1 is 1.23 bits per heavy atom. The number of likely N-dealkylation sites (N-methyl/N-ethyl adjacent to an activating group) is 1. The second-order valence-corrected chi connectivity index (χ2v) is 6.82. The van der Waals surface area contributed by atoms with E-state index >= 15 is 0 Å². The summed E-state index contributed by atoms with van der Waals surface area (Å²) in [5, 5.41) is 5.11. The van der Waals surface area contributed by atoms with E-state index < -0.39 is 0 Å². The fourth-order valence-corrected chi connectivity index (χ4v) is 3.14. The molecular formula is C18H24N2OS. The second kappa shape index (κ2) is 7.56. The van der Waals surface area contributed by atoms with Gasteiger partial charge in [0.1, 0.15) is 0 Å². The van der Waals surface area contributed by atoms with Crippen LogP contribution in [0.5, 0.6) is 0 Å². The molecule has 0 radical (unpaired) electrons. The summed E-state index contributed by atoms with van der Waals surface area (Å²) >= 11 is 1.75. The fraction of sp³-hybridized carbons (Fsp3) is 0.389. The van der Waals surface area contributed by atoms with E-state index in [1.165, 1.54) is 16.0 Å². The van der Waals surface area contributed by atoms with Crippen molar-refractivity contribution in [3.63, 3.8) is 0 Å². The predicted molar refractivity (Wildman–Crippen MR) is 93.0 cm³/mol. The van der Waals surface area contributed by atoms with Crippen molar-refractivity contribution in [1.82, 2.24) is 10.2 Å². The van der Waals surface area contributed by atoms with Gasteiger partial charge in [0.25, 0.3) is 0 Å². The maximum absolute atomic E-state index is 12.3. The number of nitrogens with zero attached hydrogens (tertiary/aromatic N) is 1. The first-order chi connectivity index (χ1) is 10.5. The number of thiophene rings is 1. The summed E-state index contributed by atoms with van der Waals surface area (Å²) in [6, 6.07) is 10.2. The van der Waals surface area contributed by atoms with Gasteiger partial charge >= 0.3 is 0 Å². The van der Waals surface area contributed by atoms with Crippen LogP contribution in [0.2, 0.25) is 0 Å². The van der Waals surface area contributed by atoms with Crippen molar-refractivity contribution in [2.45, 2.75) is 39.9 Å². The molecule has 118 valence electrons. The van der Waals surface area contributed by atoms with Gasteiger partial charge in [-0.1, -0.05) is 29.8 Å². The van der Waals surface area contributed by atoms with Gasteiger partial charge in [0.15, 0.2) is 0 Å². The quantitative estimate of drug-likeness (QED) is 0.884. The molecule has 1 atom stereocenters. The maximum Gasteiger partial charge on any atom is 0.237 e. The van der Waals surface area contributed by atoms with E-state index in [1.807, 2.05) is 14.0 Å². The first kappa shape index (κ1) is 16.7. The molecule has 1 aromatic carbocycles. The van der Waals surface area contributed by atoms with Crippen molar-refractivity contribution < 1.29 is 4.79 Å². The van der Waals surface area contributed by atoms with E-state index in [1.54, 1.807) is 11.3 Å². The number of nitrogens with one attached hydrogen (secondary N) is 1. The first-order valence-electron chi connectivity index (χ1n) is 7.54. The van der Waals surface area contributed by atoms with Gasteiger partial charge in [-0.15, -0.1) is 11.3 Å². The third-order valence-electron chi connectivity index (χ3n) is 3.99. The molecule has 0 aliphatic rings. The van der Waals surface area contributed by atoms with Crippen molar-refractivity contribution >= 4 is 17.2 Å². The molecule has 2 rings (SSSR count). The number of aryl methyl sites for hydroxylation is 2. The van der Waals surface area contributed by atoms with E-state index in [9.17, 15) is 4.79 Å². The molecule has 3 nitrogen and oxygen atoms in total. The van der Waals surface area contributed by atoms with Crippen LogP contribution in [-0.2, 0) is 17.9 Å². The van der Waals surface area contributed by atoms with Crippen LogP contribution in [-0.4, -0.2) is 23.9 Å². The lowest BCUT2D eigenvalue weighted by atomic mass is 10.1. The number of hydrogen-bond acceptors (Lipinski definition) is 3. The highest BCUT2D eigenvalue weighted by Gasteiger charge is 2.18. The lowest BCUT2D eigenvalue weighted by Gasteiger charge is -2.23. The second-order valence-electron chi connectivity index (χ2n) is 5.82. The van der Waals surface area contributed by atoms with Gasteiger partial charge in [-0.2, -0.15) is 0 Å². The summed E-state index contributed by atoms with van der Waals surface area (Å²) in [6.07, 6.45) is 0. The Morgan fingerprint density at radius 3 is 2.50 bits per heavy atom. The SMILES string of the molecule is Cc1ccc(CNC(=O)[C@@H](C)N(C)Cc2sccc2C)cc1. The normalized spacial score (nSPS) is 12.4. The standard InChI is InChI=1S/C18H24N2OS/c1-13-5-7-16(8-6-13)11-19-18(21)15(3)20(4)12-17-14(2)9-10-22-17/h5-10,15H,11-12H2,1-4H3,(H,19,21)/t15-/m1/s1. The van der Waals surface area contributed by atoms with Crippen molar-refractivity contribution in [3.8, 4) is 0 Å². The topological polar surface area (TPSA) is 32.3 Å². The average Bonchev–Trinajstić information content (AvgIpc) is 2.90. The number of amides is 1. The molecule has 4 heteroatoms. The monoisotopic (exact) mass is 316 g/mol. The molecule has 1 aromatic heterocycles. The molecule has 0 aliphatic heterocycles. The smallest absolute Gasteiger partial charge is 0.237 e. The Morgan fingerprint density at radius 2 is 1.91 bits per heavy atom. The van der Waals surface area contributed by atoms with E-state index in [4.69, 9.17) is 0 Å². The minimum atomic E-state index is -0.146. The summed E-state index contributed by atoms with van der Waals surface area (Å²) < 4.78 is 0. The number of benzene rings is 1. The van der Waals surface area contributed by atoms with Gasteiger partial charge in [-0.3, -0.25) is 9.69 Å². The van der Waals surface area contributed by atoms with E-state index in [0.717, 1.165) is 12.1 Å². The third kappa shape index (κ3) is 4.42. The molecule has 0 saturated carbocycles. The minimum absolute atomic E-state index is 0.0669. The molecule has 0 unspecified atom stereocenters. The summed E-state index contributed by atoms with van der Waals surface area (Å²) in [4.78, 5) is 15.7. The Hall–Kier alpha value is -1.65. The molecule has 0 saturated heterocycles. The van der Waals surface area contributed by atoms with Gasteiger partial charge in [-0.25, -0.2) is 0 Å². The number of carbonyl (C=O) groups is 1. The van der Waals surface area contributed by atoms with Crippen LogP contribution in [0.15, 0.2) is 35.7 Å². The van der Waals surface area contributed by atoms with Gasteiger partial charge in [0.05, 0.1) is 6.04 Å². The van der Waals surface area contributed by atoms with Crippen molar-refractivity contribution in [2.75, 3.05) is 7.05 Å². The van der Waals surface area contributed by atoms with Crippen LogP contribution in [0.25, 0.3) is 0 Å². The van der Waals surface area contributed by atoms with Crippen LogP contribution in [0.4, 0.5) is 0 Å². The number of rotatable bonds is 6. The van der Waals surface area contributed by atoms with Gasteiger partial charge < -0.3 is 5.32 Å². The number of hydrogen-bond donors (Lipinski definition) is 1.